The zero-order valence-electron chi connectivity index (χ0n) is 9.08. The molecular formula is C11H9BrF3N3. The Labute approximate surface area is 110 Å². The molecule has 0 aliphatic carbocycles. The van der Waals surface area contributed by atoms with Crippen LogP contribution in [0, 0.1) is 0 Å². The van der Waals surface area contributed by atoms with Gasteiger partial charge in [-0.05, 0) is 33.6 Å². The van der Waals surface area contributed by atoms with Crippen molar-refractivity contribution in [2.24, 2.45) is 0 Å². The number of halogens is 4. The van der Waals surface area contributed by atoms with Gasteiger partial charge in [-0.25, -0.2) is 4.68 Å². The van der Waals surface area contributed by atoms with Crippen molar-refractivity contribution in [2.75, 3.05) is 5.73 Å². The molecule has 18 heavy (non-hydrogen) atoms. The molecule has 0 saturated heterocycles. The zero-order valence-corrected chi connectivity index (χ0v) is 10.7. The van der Waals surface area contributed by atoms with Crippen molar-refractivity contribution in [1.82, 2.24) is 9.78 Å². The molecule has 0 spiro atoms. The molecule has 1 heterocycles. The predicted molar refractivity (Wildman–Crippen MR) is 64.9 cm³/mol. The van der Waals surface area contributed by atoms with Crippen LogP contribution in [0.15, 0.2) is 34.9 Å². The van der Waals surface area contributed by atoms with E-state index < -0.39 is 11.7 Å². The van der Waals surface area contributed by atoms with Gasteiger partial charge in [-0.2, -0.15) is 18.3 Å². The van der Waals surface area contributed by atoms with Gasteiger partial charge in [0.15, 0.2) is 0 Å². The van der Waals surface area contributed by atoms with E-state index in [-0.39, 0.29) is 6.54 Å². The standard InChI is InChI=1S/C11H9BrF3N3/c12-9-5-17-18(10(9)16)6-7-2-1-3-8(4-7)11(13,14)15/h1-5H,6,16H2. The SMILES string of the molecule is Nc1c(Br)cnn1Cc1cccc(C(F)(F)F)c1. The minimum atomic E-state index is -4.34. The zero-order chi connectivity index (χ0) is 13.3. The maximum absolute atomic E-state index is 12.5. The van der Waals surface area contributed by atoms with Gasteiger partial charge in [0.1, 0.15) is 5.82 Å². The first-order chi connectivity index (χ1) is 8.38. The molecule has 2 rings (SSSR count). The maximum atomic E-state index is 12.5. The lowest BCUT2D eigenvalue weighted by atomic mass is 10.1. The number of alkyl halides is 3. The maximum Gasteiger partial charge on any atom is 0.416 e. The molecule has 3 nitrogen and oxygen atoms in total. The van der Waals surface area contributed by atoms with Crippen LogP contribution in [0.1, 0.15) is 11.1 Å². The fraction of sp³-hybridized carbons (Fsp3) is 0.182. The molecule has 1 aromatic heterocycles. The molecule has 1 aromatic carbocycles. The molecule has 0 fully saturated rings. The summed E-state index contributed by atoms with van der Waals surface area (Å²) in [7, 11) is 0. The van der Waals surface area contributed by atoms with Crippen LogP contribution >= 0.6 is 15.9 Å². The van der Waals surface area contributed by atoms with Gasteiger partial charge in [0, 0.05) is 0 Å². The number of aromatic nitrogens is 2. The van der Waals surface area contributed by atoms with Crippen LogP contribution in [0.2, 0.25) is 0 Å². The lowest BCUT2D eigenvalue weighted by Crippen LogP contribution is -2.09. The van der Waals surface area contributed by atoms with Gasteiger partial charge in [-0.1, -0.05) is 12.1 Å². The number of hydrogen-bond donors (Lipinski definition) is 1. The Hall–Kier alpha value is -1.50. The Morgan fingerprint density at radius 2 is 2.06 bits per heavy atom. The first kappa shape index (κ1) is 12.9. The molecule has 2 N–H and O–H groups in total. The summed E-state index contributed by atoms with van der Waals surface area (Å²) in [5.41, 5.74) is 5.52. The van der Waals surface area contributed by atoms with Crippen LogP contribution < -0.4 is 5.73 Å². The number of nitrogens with two attached hydrogens (primary N) is 1. The Balaban J connectivity index is 2.28. The van der Waals surface area contributed by atoms with E-state index in [0.29, 0.717) is 15.9 Å². The normalized spacial score (nSPS) is 11.8. The Morgan fingerprint density at radius 3 is 2.61 bits per heavy atom. The van der Waals surface area contributed by atoms with Crippen molar-refractivity contribution in [3.8, 4) is 0 Å². The second-order valence-corrected chi connectivity index (χ2v) is 4.59. The van der Waals surface area contributed by atoms with E-state index in [4.69, 9.17) is 5.73 Å². The summed E-state index contributed by atoms with van der Waals surface area (Å²) in [4.78, 5) is 0. The van der Waals surface area contributed by atoms with Gasteiger partial charge in [0.25, 0.3) is 0 Å². The smallest absolute Gasteiger partial charge is 0.383 e. The van der Waals surface area contributed by atoms with E-state index in [2.05, 4.69) is 21.0 Å². The highest BCUT2D eigenvalue weighted by Gasteiger charge is 2.30. The summed E-state index contributed by atoms with van der Waals surface area (Å²) in [5, 5.41) is 3.97. The van der Waals surface area contributed by atoms with Gasteiger partial charge in [0.2, 0.25) is 0 Å². The van der Waals surface area contributed by atoms with Crippen LogP contribution in [0.25, 0.3) is 0 Å². The average molecular weight is 320 g/mol. The van der Waals surface area contributed by atoms with Crippen molar-refractivity contribution in [2.45, 2.75) is 12.7 Å². The number of benzene rings is 1. The second-order valence-electron chi connectivity index (χ2n) is 3.73. The summed E-state index contributed by atoms with van der Waals surface area (Å²) in [6.45, 7) is 0.196. The lowest BCUT2D eigenvalue weighted by Gasteiger charge is -2.09. The molecule has 0 saturated carbocycles. The number of anilines is 1. The first-order valence-corrected chi connectivity index (χ1v) is 5.80. The lowest BCUT2D eigenvalue weighted by molar-refractivity contribution is -0.137. The van der Waals surface area contributed by atoms with Crippen molar-refractivity contribution in [1.29, 1.82) is 0 Å². The van der Waals surface area contributed by atoms with E-state index in [1.165, 1.54) is 16.9 Å². The van der Waals surface area contributed by atoms with Gasteiger partial charge in [0.05, 0.1) is 22.8 Å². The highest BCUT2D eigenvalue weighted by molar-refractivity contribution is 9.10. The highest BCUT2D eigenvalue weighted by atomic mass is 79.9. The first-order valence-electron chi connectivity index (χ1n) is 5.01. The molecule has 0 unspecified atom stereocenters. The molecular weight excluding hydrogens is 311 g/mol. The van der Waals surface area contributed by atoms with Crippen molar-refractivity contribution in [3.05, 3.63) is 46.1 Å². The Kier molecular flexibility index (Phi) is 3.34. The monoisotopic (exact) mass is 319 g/mol. The van der Waals surface area contributed by atoms with E-state index in [0.717, 1.165) is 12.1 Å². The minimum absolute atomic E-state index is 0.196. The summed E-state index contributed by atoms with van der Waals surface area (Å²) < 4.78 is 39.7. The third-order valence-corrected chi connectivity index (χ3v) is 3.03. The number of rotatable bonds is 2. The van der Waals surface area contributed by atoms with Crippen LogP contribution in [0.4, 0.5) is 19.0 Å². The van der Waals surface area contributed by atoms with E-state index in [1.807, 2.05) is 0 Å². The summed E-state index contributed by atoms with van der Waals surface area (Å²) >= 11 is 3.19. The molecule has 0 radical (unpaired) electrons. The summed E-state index contributed by atoms with van der Waals surface area (Å²) in [6, 6.07) is 5.10. The quantitative estimate of drug-likeness (QED) is 0.923. The fourth-order valence-electron chi connectivity index (χ4n) is 1.52. The number of nitrogen functional groups attached to an aromatic ring is 1. The van der Waals surface area contributed by atoms with Crippen LogP contribution in [-0.4, -0.2) is 9.78 Å². The highest BCUT2D eigenvalue weighted by Crippen LogP contribution is 2.30. The largest absolute Gasteiger partial charge is 0.416 e. The van der Waals surface area contributed by atoms with E-state index in [1.54, 1.807) is 6.07 Å². The second kappa shape index (κ2) is 4.64. The molecule has 2 aromatic rings. The van der Waals surface area contributed by atoms with Crippen molar-refractivity contribution < 1.29 is 13.2 Å². The van der Waals surface area contributed by atoms with Crippen LogP contribution in [-0.2, 0) is 12.7 Å². The molecule has 0 aliphatic heterocycles. The average Bonchev–Trinajstić information content (AvgIpc) is 2.60. The topological polar surface area (TPSA) is 43.8 Å². The Morgan fingerprint density at radius 1 is 1.33 bits per heavy atom. The fourth-order valence-corrected chi connectivity index (χ4v) is 1.81. The van der Waals surface area contributed by atoms with Gasteiger partial charge in [-0.15, -0.1) is 0 Å². The van der Waals surface area contributed by atoms with Crippen molar-refractivity contribution in [3.63, 3.8) is 0 Å². The summed E-state index contributed by atoms with van der Waals surface area (Å²) in [6.07, 6.45) is -2.84. The van der Waals surface area contributed by atoms with Gasteiger partial charge in [-0.3, -0.25) is 0 Å². The third kappa shape index (κ3) is 2.66. The molecule has 7 heteroatoms. The predicted octanol–water partition coefficient (Wildman–Crippen LogP) is 3.29. The molecule has 0 atom stereocenters. The molecule has 96 valence electrons. The molecule has 0 bridgehead atoms. The van der Waals surface area contributed by atoms with Gasteiger partial charge < -0.3 is 5.73 Å². The number of hydrogen-bond acceptors (Lipinski definition) is 2. The minimum Gasteiger partial charge on any atom is -0.383 e. The van der Waals surface area contributed by atoms with Crippen molar-refractivity contribution >= 4 is 21.7 Å². The van der Waals surface area contributed by atoms with Gasteiger partial charge >= 0.3 is 6.18 Å². The van der Waals surface area contributed by atoms with Crippen LogP contribution in [0.3, 0.4) is 0 Å². The van der Waals surface area contributed by atoms with E-state index in [9.17, 15) is 13.2 Å². The summed E-state index contributed by atoms with van der Waals surface area (Å²) in [5.74, 6) is 0.382. The van der Waals surface area contributed by atoms with Crippen LogP contribution in [0.5, 0.6) is 0 Å². The van der Waals surface area contributed by atoms with E-state index >= 15 is 0 Å². The Bertz CT molecular complexity index is 563. The molecule has 0 aliphatic rings. The molecule has 0 amide bonds. The third-order valence-electron chi connectivity index (χ3n) is 2.42. The number of nitrogens with zero attached hydrogens (tertiary/aromatic N) is 2.